The Kier molecular flexibility index (Phi) is 7.20. The van der Waals surface area contributed by atoms with Crippen LogP contribution in [0.15, 0.2) is 71.6 Å². The molecule has 32 heavy (non-hydrogen) atoms. The molecule has 7 heteroatoms. The van der Waals surface area contributed by atoms with E-state index in [1.54, 1.807) is 12.1 Å². The molecule has 2 N–H and O–H groups in total. The average molecular weight is 453 g/mol. The molecule has 0 aromatic heterocycles. The minimum absolute atomic E-state index is 0.109. The Morgan fingerprint density at radius 2 is 1.50 bits per heavy atom. The molecular formula is C25H28N2O4S. The van der Waals surface area contributed by atoms with Crippen LogP contribution < -0.4 is 14.8 Å². The number of benzene rings is 3. The maximum Gasteiger partial charge on any atom is 0.262 e. The molecule has 0 atom stereocenters. The van der Waals surface area contributed by atoms with Crippen LogP contribution in [0.25, 0.3) is 0 Å². The van der Waals surface area contributed by atoms with Crippen LogP contribution in [0.3, 0.4) is 0 Å². The molecule has 0 aliphatic carbocycles. The topological polar surface area (TPSA) is 84.5 Å². The van der Waals surface area contributed by atoms with Crippen LogP contribution in [0.1, 0.15) is 36.5 Å². The van der Waals surface area contributed by atoms with Crippen LogP contribution in [0.4, 0.5) is 11.4 Å². The number of nitrogens with one attached hydrogen (secondary N) is 2. The van der Waals surface area contributed by atoms with Crippen molar-refractivity contribution in [3.05, 3.63) is 83.4 Å². The van der Waals surface area contributed by atoms with Gasteiger partial charge in [0.25, 0.3) is 15.9 Å². The van der Waals surface area contributed by atoms with Gasteiger partial charge in [-0.05, 0) is 85.0 Å². The first-order valence-electron chi connectivity index (χ1n) is 10.4. The predicted octanol–water partition coefficient (Wildman–Crippen LogP) is 5.25. The summed E-state index contributed by atoms with van der Waals surface area (Å²) in [5.41, 5.74) is 4.49. The first-order chi connectivity index (χ1) is 15.1. The number of carbonyl (C=O) groups excluding carboxylic acids is 1. The minimum atomic E-state index is -3.73. The Balaban J connectivity index is 1.56. The van der Waals surface area contributed by atoms with E-state index in [2.05, 4.69) is 23.9 Å². The van der Waals surface area contributed by atoms with Crippen molar-refractivity contribution in [1.29, 1.82) is 0 Å². The Morgan fingerprint density at radius 3 is 2.09 bits per heavy atom. The van der Waals surface area contributed by atoms with Crippen molar-refractivity contribution in [2.45, 2.75) is 38.5 Å². The molecule has 3 rings (SSSR count). The van der Waals surface area contributed by atoms with Crippen molar-refractivity contribution in [3.63, 3.8) is 0 Å². The fourth-order valence-electron chi connectivity index (χ4n) is 3.03. The minimum Gasteiger partial charge on any atom is -0.484 e. The molecule has 0 spiro atoms. The smallest absolute Gasteiger partial charge is 0.262 e. The van der Waals surface area contributed by atoms with Gasteiger partial charge in [0.1, 0.15) is 5.75 Å². The second-order valence-corrected chi connectivity index (χ2v) is 9.67. The third-order valence-electron chi connectivity index (χ3n) is 5.12. The standard InChI is InChI=1S/C25H28N2O4S/c1-17(2)20-6-9-21(10-7-20)26-25(28)16-31-23-11-13-24(14-12-23)32(29,30)27-22-8-5-18(3)19(4)15-22/h5-15,17,27H,16H2,1-4H3,(H,26,28). The third-order valence-corrected chi connectivity index (χ3v) is 6.52. The summed E-state index contributed by atoms with van der Waals surface area (Å²) < 4.78 is 33.3. The Labute approximate surface area is 189 Å². The van der Waals surface area contributed by atoms with Crippen molar-refractivity contribution in [3.8, 4) is 5.75 Å². The van der Waals surface area contributed by atoms with Crippen LogP contribution in [0, 0.1) is 13.8 Å². The Hall–Kier alpha value is -3.32. The second-order valence-electron chi connectivity index (χ2n) is 7.99. The molecule has 0 radical (unpaired) electrons. The molecule has 0 saturated carbocycles. The number of sulfonamides is 1. The van der Waals surface area contributed by atoms with E-state index in [1.165, 1.54) is 29.8 Å². The Bertz CT molecular complexity index is 1190. The van der Waals surface area contributed by atoms with Crippen molar-refractivity contribution in [1.82, 2.24) is 0 Å². The van der Waals surface area contributed by atoms with Crippen LogP contribution in [0.5, 0.6) is 5.75 Å². The maximum absolute atomic E-state index is 12.6. The fourth-order valence-corrected chi connectivity index (χ4v) is 4.08. The number of amides is 1. The quantitative estimate of drug-likeness (QED) is 0.489. The molecule has 0 unspecified atom stereocenters. The molecule has 3 aromatic carbocycles. The second kappa shape index (κ2) is 9.87. The zero-order valence-corrected chi connectivity index (χ0v) is 19.5. The molecule has 0 aliphatic rings. The summed E-state index contributed by atoms with van der Waals surface area (Å²) in [7, 11) is -3.73. The van der Waals surface area contributed by atoms with Gasteiger partial charge in [0, 0.05) is 11.4 Å². The zero-order valence-electron chi connectivity index (χ0n) is 18.7. The summed E-state index contributed by atoms with van der Waals surface area (Å²) in [6.45, 7) is 7.93. The number of anilines is 2. The molecule has 1 amide bonds. The molecule has 3 aromatic rings. The average Bonchev–Trinajstić information content (AvgIpc) is 2.75. The monoisotopic (exact) mass is 452 g/mol. The molecule has 0 aliphatic heterocycles. The third kappa shape index (κ3) is 6.11. The molecular weight excluding hydrogens is 424 g/mol. The van der Waals surface area contributed by atoms with Gasteiger partial charge >= 0.3 is 0 Å². The lowest BCUT2D eigenvalue weighted by Gasteiger charge is -2.11. The molecule has 168 valence electrons. The zero-order chi connectivity index (χ0) is 23.3. The van der Waals surface area contributed by atoms with E-state index in [9.17, 15) is 13.2 Å². The summed E-state index contributed by atoms with van der Waals surface area (Å²) in [6, 6.07) is 19.0. The predicted molar refractivity (Wildman–Crippen MR) is 128 cm³/mol. The van der Waals surface area contributed by atoms with E-state index >= 15 is 0 Å². The van der Waals surface area contributed by atoms with E-state index in [4.69, 9.17) is 4.74 Å². The van der Waals surface area contributed by atoms with Gasteiger partial charge in [-0.2, -0.15) is 0 Å². The highest BCUT2D eigenvalue weighted by atomic mass is 32.2. The first-order valence-corrected chi connectivity index (χ1v) is 11.8. The van der Waals surface area contributed by atoms with Crippen molar-refractivity contribution in [2.24, 2.45) is 0 Å². The van der Waals surface area contributed by atoms with Gasteiger partial charge in [0.05, 0.1) is 4.90 Å². The summed E-state index contributed by atoms with van der Waals surface area (Å²) in [4.78, 5) is 12.3. The van der Waals surface area contributed by atoms with Crippen LogP contribution in [0.2, 0.25) is 0 Å². The highest BCUT2D eigenvalue weighted by Crippen LogP contribution is 2.21. The molecule has 6 nitrogen and oxygen atoms in total. The highest BCUT2D eigenvalue weighted by molar-refractivity contribution is 7.92. The van der Waals surface area contributed by atoms with E-state index in [1.807, 2.05) is 44.2 Å². The van der Waals surface area contributed by atoms with Crippen molar-refractivity contribution >= 4 is 27.3 Å². The summed E-state index contributed by atoms with van der Waals surface area (Å²) >= 11 is 0. The van der Waals surface area contributed by atoms with E-state index in [0.717, 1.165) is 11.1 Å². The molecule has 0 saturated heterocycles. The highest BCUT2D eigenvalue weighted by Gasteiger charge is 2.15. The Morgan fingerprint density at radius 1 is 0.875 bits per heavy atom. The lowest BCUT2D eigenvalue weighted by Crippen LogP contribution is -2.20. The largest absolute Gasteiger partial charge is 0.484 e. The summed E-state index contributed by atoms with van der Waals surface area (Å²) in [5.74, 6) is 0.530. The maximum atomic E-state index is 12.6. The lowest BCUT2D eigenvalue weighted by molar-refractivity contribution is -0.118. The molecule has 0 bridgehead atoms. The number of ether oxygens (including phenoxy) is 1. The molecule has 0 fully saturated rings. The van der Waals surface area contributed by atoms with Gasteiger partial charge in [-0.3, -0.25) is 9.52 Å². The van der Waals surface area contributed by atoms with Gasteiger partial charge in [0.15, 0.2) is 6.61 Å². The van der Waals surface area contributed by atoms with Gasteiger partial charge in [-0.1, -0.05) is 32.0 Å². The van der Waals surface area contributed by atoms with Gasteiger partial charge in [-0.15, -0.1) is 0 Å². The summed E-state index contributed by atoms with van der Waals surface area (Å²) in [6.07, 6.45) is 0. The van der Waals surface area contributed by atoms with Crippen molar-refractivity contribution < 1.29 is 17.9 Å². The lowest BCUT2D eigenvalue weighted by atomic mass is 10.0. The number of carbonyl (C=O) groups is 1. The van der Waals surface area contributed by atoms with Crippen LogP contribution >= 0.6 is 0 Å². The number of hydrogen-bond donors (Lipinski definition) is 2. The van der Waals surface area contributed by atoms with Crippen LogP contribution in [-0.4, -0.2) is 20.9 Å². The number of rotatable bonds is 8. The van der Waals surface area contributed by atoms with E-state index in [0.29, 0.717) is 23.0 Å². The van der Waals surface area contributed by atoms with E-state index < -0.39 is 10.0 Å². The normalized spacial score (nSPS) is 11.3. The van der Waals surface area contributed by atoms with Gasteiger partial charge in [-0.25, -0.2) is 8.42 Å². The SMILES string of the molecule is Cc1ccc(NS(=O)(=O)c2ccc(OCC(=O)Nc3ccc(C(C)C)cc3)cc2)cc1C. The summed E-state index contributed by atoms with van der Waals surface area (Å²) in [5, 5.41) is 2.78. The van der Waals surface area contributed by atoms with Crippen LogP contribution in [-0.2, 0) is 14.8 Å². The molecule has 0 heterocycles. The van der Waals surface area contributed by atoms with E-state index in [-0.39, 0.29) is 17.4 Å². The fraction of sp³-hybridized carbons (Fsp3) is 0.240. The van der Waals surface area contributed by atoms with Crippen molar-refractivity contribution in [2.75, 3.05) is 16.6 Å². The van der Waals surface area contributed by atoms with Gasteiger partial charge < -0.3 is 10.1 Å². The number of hydrogen-bond acceptors (Lipinski definition) is 4. The number of aryl methyl sites for hydroxylation is 2. The van der Waals surface area contributed by atoms with Gasteiger partial charge in [0.2, 0.25) is 0 Å². The first kappa shape index (κ1) is 23.3.